The number of hydrogen-bond donors (Lipinski definition) is 0. The van der Waals surface area contributed by atoms with E-state index in [9.17, 15) is 0 Å². The first-order valence-corrected chi connectivity index (χ1v) is 9.30. The smallest absolute Gasteiger partial charge is 0.0351 e. The lowest BCUT2D eigenvalue weighted by molar-refractivity contribution is 0.553. The molecular weight excluding hydrogens is 240 g/mol. The molecule has 0 unspecified atom stereocenters. The standard InChI is InChI=1S/C20H36/c1-2-4-6-8-10-12-14-16-18-20-19-17-15-13-11-9-7-5-3-1/h1-2,11,13H,3-10,12,14-20H2. The Bertz CT molecular complexity index is 210. The summed E-state index contributed by atoms with van der Waals surface area (Å²) in [5.74, 6) is 0. The first-order valence-electron chi connectivity index (χ1n) is 9.30. The van der Waals surface area contributed by atoms with Crippen LogP contribution < -0.4 is 0 Å². The number of hydrogen-bond acceptors (Lipinski definition) is 0. The molecule has 1 aliphatic carbocycles. The van der Waals surface area contributed by atoms with E-state index < -0.39 is 0 Å². The zero-order chi connectivity index (χ0) is 14.1. The summed E-state index contributed by atoms with van der Waals surface area (Å²) in [7, 11) is 0. The Labute approximate surface area is 127 Å². The van der Waals surface area contributed by atoms with Crippen molar-refractivity contribution in [2.75, 3.05) is 0 Å². The van der Waals surface area contributed by atoms with Gasteiger partial charge in [-0.3, -0.25) is 0 Å². The van der Waals surface area contributed by atoms with Gasteiger partial charge in [0.25, 0.3) is 0 Å². The second-order valence-corrected chi connectivity index (χ2v) is 6.34. The van der Waals surface area contributed by atoms with Gasteiger partial charge in [0.05, 0.1) is 0 Å². The van der Waals surface area contributed by atoms with Crippen LogP contribution in [0.1, 0.15) is 103 Å². The molecule has 0 nitrogen and oxygen atoms in total. The summed E-state index contributed by atoms with van der Waals surface area (Å²) in [6.07, 6.45) is 32.0. The van der Waals surface area contributed by atoms with Gasteiger partial charge in [-0.15, -0.1) is 0 Å². The molecule has 0 atom stereocenters. The summed E-state index contributed by atoms with van der Waals surface area (Å²) in [6, 6.07) is 0. The Balaban J connectivity index is 2.11. The quantitative estimate of drug-likeness (QED) is 0.405. The van der Waals surface area contributed by atoms with E-state index in [0.717, 1.165) is 0 Å². The molecule has 0 fully saturated rings. The van der Waals surface area contributed by atoms with Crippen LogP contribution in [0.25, 0.3) is 0 Å². The maximum absolute atomic E-state index is 2.41. The minimum absolute atomic E-state index is 1.29. The molecule has 0 aromatic carbocycles. The molecule has 0 amide bonds. The highest BCUT2D eigenvalue weighted by Gasteiger charge is 1.93. The number of allylic oxidation sites excluding steroid dienone is 4. The summed E-state index contributed by atoms with van der Waals surface area (Å²) in [4.78, 5) is 0. The van der Waals surface area contributed by atoms with Crippen molar-refractivity contribution in [3.63, 3.8) is 0 Å². The van der Waals surface area contributed by atoms with Crippen LogP contribution in [0.15, 0.2) is 24.3 Å². The van der Waals surface area contributed by atoms with Gasteiger partial charge in [-0.05, 0) is 51.4 Å². The topological polar surface area (TPSA) is 0 Å². The van der Waals surface area contributed by atoms with E-state index in [-0.39, 0.29) is 0 Å². The van der Waals surface area contributed by atoms with Crippen LogP contribution in [0, 0.1) is 0 Å². The van der Waals surface area contributed by atoms with E-state index in [1.165, 1.54) is 103 Å². The highest BCUT2D eigenvalue weighted by Crippen LogP contribution is 2.13. The molecule has 0 aromatic heterocycles. The van der Waals surface area contributed by atoms with E-state index in [2.05, 4.69) is 24.3 Å². The summed E-state index contributed by atoms with van der Waals surface area (Å²) >= 11 is 0. The van der Waals surface area contributed by atoms with Gasteiger partial charge in [-0.1, -0.05) is 75.7 Å². The fourth-order valence-electron chi connectivity index (χ4n) is 2.93. The van der Waals surface area contributed by atoms with E-state index in [1.54, 1.807) is 0 Å². The van der Waals surface area contributed by atoms with Gasteiger partial charge in [0.1, 0.15) is 0 Å². The predicted octanol–water partition coefficient (Wildman–Crippen LogP) is 7.35. The molecule has 0 bridgehead atoms. The SMILES string of the molecule is C1=CCCCCCCCCCCCCC=CCCCC1. The maximum Gasteiger partial charge on any atom is -0.0351 e. The molecule has 0 heteroatoms. The normalized spacial score (nSPS) is 22.4. The van der Waals surface area contributed by atoms with Gasteiger partial charge < -0.3 is 0 Å². The van der Waals surface area contributed by atoms with Crippen LogP contribution in [0.2, 0.25) is 0 Å². The molecular formula is C20H36. The first kappa shape index (κ1) is 17.5. The van der Waals surface area contributed by atoms with Gasteiger partial charge in [-0.25, -0.2) is 0 Å². The van der Waals surface area contributed by atoms with Gasteiger partial charge in [-0.2, -0.15) is 0 Å². The van der Waals surface area contributed by atoms with Crippen molar-refractivity contribution < 1.29 is 0 Å². The Morgan fingerprint density at radius 1 is 0.250 bits per heavy atom. The van der Waals surface area contributed by atoms with Crippen LogP contribution in [0.4, 0.5) is 0 Å². The third kappa shape index (κ3) is 12.5. The average Bonchev–Trinajstić information content (AvgIpc) is 2.46. The summed E-state index contributed by atoms with van der Waals surface area (Å²) in [5, 5.41) is 0. The molecule has 116 valence electrons. The highest BCUT2D eigenvalue weighted by atomic mass is 14.0. The summed E-state index contributed by atoms with van der Waals surface area (Å²) in [6.45, 7) is 0. The fraction of sp³-hybridized carbons (Fsp3) is 0.800. The lowest BCUT2D eigenvalue weighted by atomic mass is 10.0. The molecule has 0 N–H and O–H groups in total. The molecule has 0 spiro atoms. The summed E-state index contributed by atoms with van der Waals surface area (Å²) in [5.41, 5.74) is 0. The second kappa shape index (κ2) is 14.9. The zero-order valence-corrected chi connectivity index (χ0v) is 13.6. The lowest BCUT2D eigenvalue weighted by Gasteiger charge is -2.02. The maximum atomic E-state index is 2.41. The van der Waals surface area contributed by atoms with Crippen molar-refractivity contribution in [1.82, 2.24) is 0 Å². The molecule has 0 heterocycles. The Morgan fingerprint density at radius 3 is 0.750 bits per heavy atom. The molecule has 0 saturated carbocycles. The minimum atomic E-state index is 1.29. The third-order valence-electron chi connectivity index (χ3n) is 4.32. The predicted molar refractivity (Wildman–Crippen MR) is 92.2 cm³/mol. The number of rotatable bonds is 0. The van der Waals surface area contributed by atoms with Gasteiger partial charge in [0.2, 0.25) is 0 Å². The molecule has 1 aliphatic rings. The van der Waals surface area contributed by atoms with Crippen molar-refractivity contribution in [2.45, 2.75) is 103 Å². The Hall–Kier alpha value is -0.520. The van der Waals surface area contributed by atoms with Gasteiger partial charge >= 0.3 is 0 Å². The third-order valence-corrected chi connectivity index (χ3v) is 4.32. The molecule has 0 radical (unpaired) electrons. The van der Waals surface area contributed by atoms with E-state index in [4.69, 9.17) is 0 Å². The monoisotopic (exact) mass is 276 g/mol. The second-order valence-electron chi connectivity index (χ2n) is 6.34. The van der Waals surface area contributed by atoms with Crippen molar-refractivity contribution in [3.8, 4) is 0 Å². The molecule has 20 heavy (non-hydrogen) atoms. The Morgan fingerprint density at radius 2 is 0.450 bits per heavy atom. The Kier molecular flexibility index (Phi) is 13.0. The average molecular weight is 277 g/mol. The van der Waals surface area contributed by atoms with E-state index >= 15 is 0 Å². The van der Waals surface area contributed by atoms with Crippen LogP contribution in [0.3, 0.4) is 0 Å². The lowest BCUT2D eigenvalue weighted by Crippen LogP contribution is -1.82. The zero-order valence-electron chi connectivity index (χ0n) is 13.6. The first-order chi connectivity index (χ1) is 10.0. The van der Waals surface area contributed by atoms with Crippen LogP contribution in [-0.4, -0.2) is 0 Å². The van der Waals surface area contributed by atoms with Gasteiger partial charge in [0.15, 0.2) is 0 Å². The van der Waals surface area contributed by atoms with Crippen LogP contribution in [-0.2, 0) is 0 Å². The molecule has 0 aliphatic heterocycles. The molecule has 1 rings (SSSR count). The van der Waals surface area contributed by atoms with Crippen molar-refractivity contribution in [2.24, 2.45) is 0 Å². The largest absolute Gasteiger partial charge is 0.0885 e. The highest BCUT2D eigenvalue weighted by molar-refractivity contribution is 4.84. The van der Waals surface area contributed by atoms with Gasteiger partial charge in [0, 0.05) is 0 Å². The van der Waals surface area contributed by atoms with Crippen molar-refractivity contribution in [1.29, 1.82) is 0 Å². The molecule has 0 aromatic rings. The van der Waals surface area contributed by atoms with Crippen molar-refractivity contribution in [3.05, 3.63) is 24.3 Å². The summed E-state index contributed by atoms with van der Waals surface area (Å²) < 4.78 is 0. The van der Waals surface area contributed by atoms with Crippen LogP contribution in [0.5, 0.6) is 0 Å². The van der Waals surface area contributed by atoms with Crippen LogP contribution >= 0.6 is 0 Å². The fourth-order valence-corrected chi connectivity index (χ4v) is 2.93. The minimum Gasteiger partial charge on any atom is -0.0885 e. The molecule has 0 saturated heterocycles. The van der Waals surface area contributed by atoms with E-state index in [1.807, 2.05) is 0 Å². The van der Waals surface area contributed by atoms with Crippen molar-refractivity contribution >= 4 is 0 Å². The van der Waals surface area contributed by atoms with E-state index in [0.29, 0.717) is 0 Å².